The number of nitrogens with one attached hydrogen (secondary N) is 1. The minimum Gasteiger partial charge on any atom is -0.454 e. The quantitative estimate of drug-likeness (QED) is 0.784. The zero-order chi connectivity index (χ0) is 11.7. The van der Waals surface area contributed by atoms with E-state index in [2.05, 4.69) is 5.32 Å². The maximum absolute atomic E-state index is 12.0. The zero-order valence-corrected chi connectivity index (χ0v) is 9.72. The van der Waals surface area contributed by atoms with E-state index in [0.717, 1.165) is 11.1 Å². The monoisotopic (exact) mass is 221 g/mol. The fraction of sp³-hybridized carbons (Fsp3) is 0.417. The summed E-state index contributed by atoms with van der Waals surface area (Å²) in [6.07, 6.45) is 0. The number of ketones is 1. The molecule has 1 N–H and O–H groups in total. The van der Waals surface area contributed by atoms with Crippen molar-refractivity contribution in [3.63, 3.8) is 0 Å². The predicted octanol–water partition coefficient (Wildman–Crippen LogP) is 1.43. The summed E-state index contributed by atoms with van der Waals surface area (Å²) < 4.78 is 10.7. The maximum Gasteiger partial charge on any atom is 0.231 e. The number of Topliss-reactive ketones (excluding diaryl/α,β-unsaturated/α-hetero) is 1. The Bertz CT molecular complexity index is 440. The van der Waals surface area contributed by atoms with Crippen LogP contribution in [0.3, 0.4) is 0 Å². The number of fused-ring (bicyclic) bond motifs is 1. The van der Waals surface area contributed by atoms with Crippen LogP contribution in [0, 0.1) is 13.8 Å². The van der Waals surface area contributed by atoms with Gasteiger partial charge >= 0.3 is 0 Å². The molecule has 1 aromatic carbocycles. The van der Waals surface area contributed by atoms with Crippen LogP contribution in [-0.2, 0) is 0 Å². The molecule has 0 bridgehead atoms. The number of hydrogen-bond acceptors (Lipinski definition) is 4. The number of ether oxygens (including phenoxy) is 2. The molecule has 0 aromatic heterocycles. The third-order valence-electron chi connectivity index (χ3n) is 2.80. The summed E-state index contributed by atoms with van der Waals surface area (Å²) in [5.41, 5.74) is 2.65. The molecule has 4 nitrogen and oxygen atoms in total. The summed E-state index contributed by atoms with van der Waals surface area (Å²) in [6.45, 7) is 4.39. The van der Waals surface area contributed by atoms with Crippen molar-refractivity contribution in [1.82, 2.24) is 5.32 Å². The van der Waals surface area contributed by atoms with Gasteiger partial charge in [0.25, 0.3) is 0 Å². The summed E-state index contributed by atoms with van der Waals surface area (Å²) in [5, 5.41) is 2.86. The first-order chi connectivity index (χ1) is 7.65. The highest BCUT2D eigenvalue weighted by Crippen LogP contribution is 2.39. The van der Waals surface area contributed by atoms with Crippen LogP contribution in [0.2, 0.25) is 0 Å². The minimum absolute atomic E-state index is 0.0328. The molecular weight excluding hydrogens is 206 g/mol. The maximum atomic E-state index is 12.0. The van der Waals surface area contributed by atoms with Crippen LogP contribution in [0.15, 0.2) is 6.07 Å². The van der Waals surface area contributed by atoms with Crippen LogP contribution in [0.5, 0.6) is 11.5 Å². The molecule has 0 saturated carbocycles. The summed E-state index contributed by atoms with van der Waals surface area (Å²) in [7, 11) is 1.75. The number of hydrogen-bond donors (Lipinski definition) is 1. The van der Waals surface area contributed by atoms with Crippen molar-refractivity contribution in [2.75, 3.05) is 20.4 Å². The van der Waals surface area contributed by atoms with Gasteiger partial charge in [-0.05, 0) is 38.1 Å². The summed E-state index contributed by atoms with van der Waals surface area (Å²) in [5.74, 6) is 1.29. The van der Waals surface area contributed by atoms with E-state index in [4.69, 9.17) is 9.47 Å². The van der Waals surface area contributed by atoms with E-state index in [9.17, 15) is 4.79 Å². The third-order valence-corrected chi connectivity index (χ3v) is 2.80. The van der Waals surface area contributed by atoms with E-state index in [0.29, 0.717) is 23.6 Å². The lowest BCUT2D eigenvalue weighted by Gasteiger charge is -2.11. The molecule has 86 valence electrons. The van der Waals surface area contributed by atoms with Gasteiger partial charge in [0.2, 0.25) is 6.79 Å². The molecule has 1 aliphatic heterocycles. The molecule has 0 saturated heterocycles. The first kappa shape index (κ1) is 11.0. The summed E-state index contributed by atoms with van der Waals surface area (Å²) >= 11 is 0. The van der Waals surface area contributed by atoms with Gasteiger partial charge in [-0.2, -0.15) is 0 Å². The van der Waals surface area contributed by atoms with E-state index in [1.54, 1.807) is 7.05 Å². The lowest BCUT2D eigenvalue weighted by Crippen LogP contribution is -2.20. The highest BCUT2D eigenvalue weighted by molar-refractivity contribution is 6.02. The van der Waals surface area contributed by atoms with Gasteiger partial charge in [-0.3, -0.25) is 4.79 Å². The zero-order valence-electron chi connectivity index (χ0n) is 9.72. The van der Waals surface area contributed by atoms with Gasteiger partial charge in [0.15, 0.2) is 17.3 Å². The molecule has 0 fully saturated rings. The molecule has 1 aliphatic rings. The normalized spacial score (nSPS) is 12.9. The lowest BCUT2D eigenvalue weighted by atomic mass is 9.98. The number of carbonyl (C=O) groups is 1. The molecule has 2 rings (SSSR count). The smallest absolute Gasteiger partial charge is 0.231 e. The Morgan fingerprint density at radius 1 is 1.44 bits per heavy atom. The second-order valence-corrected chi connectivity index (χ2v) is 3.88. The van der Waals surface area contributed by atoms with Gasteiger partial charge in [-0.15, -0.1) is 0 Å². The molecule has 1 aromatic rings. The summed E-state index contributed by atoms with van der Waals surface area (Å²) in [4.78, 5) is 12.0. The molecule has 0 radical (unpaired) electrons. The van der Waals surface area contributed by atoms with Gasteiger partial charge in [0, 0.05) is 0 Å². The van der Waals surface area contributed by atoms with Crippen molar-refractivity contribution in [1.29, 1.82) is 0 Å². The van der Waals surface area contributed by atoms with Crippen LogP contribution in [0.1, 0.15) is 21.5 Å². The Labute approximate surface area is 94.6 Å². The number of carbonyl (C=O) groups excluding carboxylic acids is 1. The fourth-order valence-electron chi connectivity index (χ4n) is 1.85. The Kier molecular flexibility index (Phi) is 2.83. The highest BCUT2D eigenvalue weighted by atomic mass is 16.7. The standard InChI is InChI=1S/C12H15NO3/c1-7-4-10-12(16-6-15-10)11(8(7)2)9(14)5-13-3/h4,13H,5-6H2,1-3H3. The molecular formula is C12H15NO3. The average Bonchev–Trinajstić information content (AvgIpc) is 2.67. The van der Waals surface area contributed by atoms with Crippen LogP contribution in [-0.4, -0.2) is 26.2 Å². The largest absolute Gasteiger partial charge is 0.454 e. The highest BCUT2D eigenvalue weighted by Gasteiger charge is 2.25. The lowest BCUT2D eigenvalue weighted by molar-refractivity contribution is 0.0988. The first-order valence-electron chi connectivity index (χ1n) is 5.22. The predicted molar refractivity (Wildman–Crippen MR) is 60.3 cm³/mol. The summed E-state index contributed by atoms with van der Waals surface area (Å²) in [6, 6.07) is 1.91. The molecule has 0 amide bonds. The molecule has 0 spiro atoms. The molecule has 16 heavy (non-hydrogen) atoms. The van der Waals surface area contributed by atoms with Crippen molar-refractivity contribution >= 4 is 5.78 Å². The molecule has 0 aliphatic carbocycles. The molecule has 0 atom stereocenters. The van der Waals surface area contributed by atoms with Crippen molar-refractivity contribution < 1.29 is 14.3 Å². The van der Waals surface area contributed by atoms with Gasteiger partial charge in [0.1, 0.15) is 0 Å². The minimum atomic E-state index is 0.0328. The van der Waals surface area contributed by atoms with Crippen molar-refractivity contribution in [2.45, 2.75) is 13.8 Å². The van der Waals surface area contributed by atoms with Crippen LogP contribution >= 0.6 is 0 Å². The second kappa shape index (κ2) is 4.14. The Morgan fingerprint density at radius 2 is 2.19 bits per heavy atom. The van der Waals surface area contributed by atoms with E-state index in [1.807, 2.05) is 19.9 Å². The topological polar surface area (TPSA) is 47.6 Å². The molecule has 1 heterocycles. The van der Waals surface area contributed by atoms with E-state index < -0.39 is 0 Å². The van der Waals surface area contributed by atoms with Gasteiger partial charge in [-0.25, -0.2) is 0 Å². The van der Waals surface area contributed by atoms with E-state index in [-0.39, 0.29) is 12.6 Å². The number of benzene rings is 1. The second-order valence-electron chi connectivity index (χ2n) is 3.88. The Balaban J connectivity index is 2.54. The van der Waals surface area contributed by atoms with Crippen LogP contribution in [0.25, 0.3) is 0 Å². The average molecular weight is 221 g/mol. The van der Waals surface area contributed by atoms with Crippen LogP contribution in [0.4, 0.5) is 0 Å². The van der Waals surface area contributed by atoms with Gasteiger partial charge in [0.05, 0.1) is 12.1 Å². The van der Waals surface area contributed by atoms with Crippen molar-refractivity contribution in [3.8, 4) is 11.5 Å². The molecule has 4 heteroatoms. The van der Waals surface area contributed by atoms with Crippen molar-refractivity contribution in [2.24, 2.45) is 0 Å². The van der Waals surface area contributed by atoms with Gasteiger partial charge < -0.3 is 14.8 Å². The Morgan fingerprint density at radius 3 is 2.88 bits per heavy atom. The van der Waals surface area contributed by atoms with E-state index in [1.165, 1.54) is 0 Å². The SMILES string of the molecule is CNCC(=O)c1c(C)c(C)cc2c1OCO2. The van der Waals surface area contributed by atoms with Crippen LogP contribution < -0.4 is 14.8 Å². The number of likely N-dealkylation sites (N-methyl/N-ethyl adjacent to an activating group) is 1. The number of rotatable bonds is 3. The van der Waals surface area contributed by atoms with Crippen molar-refractivity contribution in [3.05, 3.63) is 22.8 Å². The van der Waals surface area contributed by atoms with E-state index >= 15 is 0 Å². The fourth-order valence-corrected chi connectivity index (χ4v) is 1.85. The Hall–Kier alpha value is -1.55. The number of aryl methyl sites for hydroxylation is 1. The van der Waals surface area contributed by atoms with Gasteiger partial charge in [-0.1, -0.05) is 0 Å². The third kappa shape index (κ3) is 1.65. The first-order valence-corrected chi connectivity index (χ1v) is 5.22. The molecule has 0 unspecified atom stereocenters.